The van der Waals surface area contributed by atoms with E-state index in [4.69, 9.17) is 0 Å². The molecule has 6 heteroatoms. The summed E-state index contributed by atoms with van der Waals surface area (Å²) < 4.78 is 37.7. The van der Waals surface area contributed by atoms with E-state index in [-0.39, 0.29) is 17.9 Å². The third kappa shape index (κ3) is 3.98. The van der Waals surface area contributed by atoms with Gasteiger partial charge in [-0.2, -0.15) is 13.2 Å². The summed E-state index contributed by atoms with van der Waals surface area (Å²) in [5, 5.41) is 11.8. The van der Waals surface area contributed by atoms with Crippen molar-refractivity contribution in [3.05, 3.63) is 65.2 Å². The monoisotopic (exact) mass is 295 g/mol. The molecule has 2 rings (SSSR count). The van der Waals surface area contributed by atoms with Crippen LogP contribution in [0.15, 0.2) is 48.5 Å². The van der Waals surface area contributed by atoms with E-state index in [2.05, 4.69) is 5.32 Å². The zero-order valence-corrected chi connectivity index (χ0v) is 10.8. The number of hydrogen-bond acceptors (Lipinski definition) is 2. The second-order valence-electron chi connectivity index (χ2n) is 4.43. The molecule has 2 aromatic carbocycles. The van der Waals surface area contributed by atoms with Crippen LogP contribution < -0.4 is 5.32 Å². The Morgan fingerprint density at radius 3 is 2.48 bits per heavy atom. The molecule has 0 aliphatic heterocycles. The van der Waals surface area contributed by atoms with E-state index >= 15 is 0 Å². The Balaban J connectivity index is 2.07. The van der Waals surface area contributed by atoms with Crippen molar-refractivity contribution < 1.29 is 23.1 Å². The Bertz CT molecular complexity index is 653. The zero-order chi connectivity index (χ0) is 15.5. The average molecular weight is 295 g/mol. The van der Waals surface area contributed by atoms with Crippen molar-refractivity contribution >= 4 is 5.91 Å². The second-order valence-corrected chi connectivity index (χ2v) is 4.43. The molecule has 0 aromatic heterocycles. The van der Waals surface area contributed by atoms with Gasteiger partial charge in [-0.1, -0.05) is 18.2 Å². The lowest BCUT2D eigenvalue weighted by Gasteiger charge is -2.09. The van der Waals surface area contributed by atoms with Gasteiger partial charge in [0.25, 0.3) is 5.91 Å². The van der Waals surface area contributed by atoms with Crippen LogP contribution in [0.3, 0.4) is 0 Å². The molecule has 0 radical (unpaired) electrons. The van der Waals surface area contributed by atoms with Gasteiger partial charge >= 0.3 is 6.18 Å². The van der Waals surface area contributed by atoms with Crippen molar-refractivity contribution in [2.75, 3.05) is 0 Å². The van der Waals surface area contributed by atoms with E-state index in [1.165, 1.54) is 24.3 Å². The van der Waals surface area contributed by atoms with Gasteiger partial charge in [0.1, 0.15) is 5.75 Å². The molecular formula is C15H12F3NO2. The summed E-state index contributed by atoms with van der Waals surface area (Å²) in [5.74, 6) is -0.551. The van der Waals surface area contributed by atoms with Crippen molar-refractivity contribution in [3.8, 4) is 5.75 Å². The van der Waals surface area contributed by atoms with Crippen molar-refractivity contribution in [1.29, 1.82) is 0 Å². The first-order valence-electron chi connectivity index (χ1n) is 6.09. The minimum Gasteiger partial charge on any atom is -0.508 e. The lowest BCUT2D eigenvalue weighted by molar-refractivity contribution is -0.137. The van der Waals surface area contributed by atoms with Crippen molar-refractivity contribution in [3.63, 3.8) is 0 Å². The fraction of sp³-hybridized carbons (Fsp3) is 0.133. The van der Waals surface area contributed by atoms with E-state index in [0.717, 1.165) is 12.1 Å². The molecular weight excluding hydrogens is 283 g/mol. The molecule has 0 heterocycles. The van der Waals surface area contributed by atoms with Crippen molar-refractivity contribution in [1.82, 2.24) is 5.32 Å². The number of phenolic OH excluding ortho intramolecular Hbond substituents is 1. The van der Waals surface area contributed by atoms with Crippen LogP contribution in [0.2, 0.25) is 0 Å². The highest BCUT2D eigenvalue weighted by Gasteiger charge is 2.30. The van der Waals surface area contributed by atoms with Gasteiger partial charge in [-0.05, 0) is 35.9 Å². The molecule has 2 N–H and O–H groups in total. The van der Waals surface area contributed by atoms with Gasteiger partial charge in [-0.3, -0.25) is 4.79 Å². The maximum Gasteiger partial charge on any atom is 0.416 e. The molecule has 0 aliphatic carbocycles. The van der Waals surface area contributed by atoms with Gasteiger partial charge in [-0.15, -0.1) is 0 Å². The third-order valence-corrected chi connectivity index (χ3v) is 2.82. The molecule has 0 fully saturated rings. The smallest absolute Gasteiger partial charge is 0.416 e. The van der Waals surface area contributed by atoms with Crippen LogP contribution in [-0.2, 0) is 12.7 Å². The molecule has 0 bridgehead atoms. The normalized spacial score (nSPS) is 11.2. The van der Waals surface area contributed by atoms with E-state index in [0.29, 0.717) is 5.56 Å². The van der Waals surface area contributed by atoms with Crippen LogP contribution in [0.1, 0.15) is 21.5 Å². The Labute approximate surface area is 119 Å². The summed E-state index contributed by atoms with van der Waals surface area (Å²) in [6.07, 6.45) is -4.48. The van der Waals surface area contributed by atoms with E-state index in [9.17, 15) is 23.1 Å². The first-order valence-corrected chi connectivity index (χ1v) is 6.09. The van der Waals surface area contributed by atoms with Crippen molar-refractivity contribution in [2.24, 2.45) is 0 Å². The third-order valence-electron chi connectivity index (χ3n) is 2.82. The zero-order valence-electron chi connectivity index (χ0n) is 10.8. The molecule has 0 saturated carbocycles. The molecule has 0 aliphatic rings. The number of phenols is 1. The largest absolute Gasteiger partial charge is 0.508 e. The standard InChI is InChI=1S/C15H12F3NO2/c16-15(17,18)12-5-2-4-11(8-12)14(21)19-9-10-3-1-6-13(20)7-10/h1-8,20H,9H2,(H,19,21). The van der Waals surface area contributed by atoms with Gasteiger partial charge in [0.15, 0.2) is 0 Å². The molecule has 0 atom stereocenters. The number of aromatic hydroxyl groups is 1. The van der Waals surface area contributed by atoms with E-state index < -0.39 is 17.6 Å². The minimum atomic E-state index is -4.48. The molecule has 0 saturated heterocycles. The van der Waals surface area contributed by atoms with E-state index in [1.807, 2.05) is 0 Å². The SMILES string of the molecule is O=C(NCc1cccc(O)c1)c1cccc(C(F)(F)F)c1. The van der Waals surface area contributed by atoms with Gasteiger partial charge in [0.05, 0.1) is 5.56 Å². The lowest BCUT2D eigenvalue weighted by Crippen LogP contribution is -2.23. The lowest BCUT2D eigenvalue weighted by atomic mass is 10.1. The summed E-state index contributed by atoms with van der Waals surface area (Å²) in [6, 6.07) is 10.5. The predicted molar refractivity (Wildman–Crippen MR) is 70.7 cm³/mol. The number of carbonyl (C=O) groups excluding carboxylic acids is 1. The molecule has 21 heavy (non-hydrogen) atoms. The first kappa shape index (κ1) is 14.9. The van der Waals surface area contributed by atoms with Crippen LogP contribution in [-0.4, -0.2) is 11.0 Å². The average Bonchev–Trinajstić information content (AvgIpc) is 2.44. The molecule has 3 nitrogen and oxygen atoms in total. The number of alkyl halides is 3. The maximum absolute atomic E-state index is 12.6. The minimum absolute atomic E-state index is 0.0563. The second kappa shape index (κ2) is 5.87. The Morgan fingerprint density at radius 2 is 1.81 bits per heavy atom. The van der Waals surface area contributed by atoms with Crippen LogP contribution in [0, 0.1) is 0 Å². The topological polar surface area (TPSA) is 49.3 Å². The van der Waals surface area contributed by atoms with Gasteiger partial charge in [0, 0.05) is 12.1 Å². The fourth-order valence-corrected chi connectivity index (χ4v) is 1.79. The number of rotatable bonds is 3. The fourth-order valence-electron chi connectivity index (χ4n) is 1.79. The van der Waals surface area contributed by atoms with Gasteiger partial charge < -0.3 is 10.4 Å². The quantitative estimate of drug-likeness (QED) is 0.912. The van der Waals surface area contributed by atoms with Crippen LogP contribution >= 0.6 is 0 Å². The van der Waals surface area contributed by atoms with E-state index in [1.54, 1.807) is 12.1 Å². The van der Waals surface area contributed by atoms with Crippen molar-refractivity contribution in [2.45, 2.75) is 12.7 Å². The molecule has 0 unspecified atom stereocenters. The molecule has 2 aromatic rings. The summed E-state index contributed by atoms with van der Waals surface area (Å²) in [7, 11) is 0. The Kier molecular flexibility index (Phi) is 4.16. The Morgan fingerprint density at radius 1 is 1.10 bits per heavy atom. The highest BCUT2D eigenvalue weighted by Crippen LogP contribution is 2.29. The Hall–Kier alpha value is -2.50. The van der Waals surface area contributed by atoms with Gasteiger partial charge in [0.2, 0.25) is 0 Å². The number of carbonyl (C=O) groups is 1. The highest BCUT2D eigenvalue weighted by molar-refractivity contribution is 5.94. The number of halogens is 3. The molecule has 1 amide bonds. The van der Waals surface area contributed by atoms with Crippen LogP contribution in [0.4, 0.5) is 13.2 Å². The summed E-state index contributed by atoms with van der Waals surface area (Å²) >= 11 is 0. The molecule has 0 spiro atoms. The summed E-state index contributed by atoms with van der Waals surface area (Å²) in [5.41, 5.74) is -0.284. The molecule has 110 valence electrons. The number of benzene rings is 2. The van der Waals surface area contributed by atoms with Crippen LogP contribution in [0.5, 0.6) is 5.75 Å². The highest BCUT2D eigenvalue weighted by atomic mass is 19.4. The maximum atomic E-state index is 12.6. The number of nitrogens with one attached hydrogen (secondary N) is 1. The number of hydrogen-bond donors (Lipinski definition) is 2. The van der Waals surface area contributed by atoms with Crippen LogP contribution in [0.25, 0.3) is 0 Å². The predicted octanol–water partition coefficient (Wildman–Crippen LogP) is 3.34. The van der Waals surface area contributed by atoms with Gasteiger partial charge in [-0.25, -0.2) is 0 Å². The first-order chi connectivity index (χ1) is 9.86. The number of amides is 1. The summed E-state index contributed by atoms with van der Waals surface area (Å²) in [4.78, 5) is 11.8. The summed E-state index contributed by atoms with van der Waals surface area (Å²) in [6.45, 7) is 0.115.